The van der Waals surface area contributed by atoms with Gasteiger partial charge in [-0.3, -0.25) is 9.79 Å². The molecule has 0 amide bonds. The van der Waals surface area contributed by atoms with E-state index >= 15 is 0 Å². The van der Waals surface area contributed by atoms with Gasteiger partial charge in [-0.15, -0.1) is 0 Å². The van der Waals surface area contributed by atoms with E-state index in [-0.39, 0.29) is 0 Å². The molecule has 18 heavy (non-hydrogen) atoms. The average molecular weight is 237 g/mol. The number of carboxylic acid groups (broad SMARTS) is 1. The van der Waals surface area contributed by atoms with Gasteiger partial charge in [0.05, 0.1) is 0 Å². The topological polar surface area (TPSA) is 49.7 Å². The predicted molar refractivity (Wildman–Crippen MR) is 68.4 cm³/mol. The van der Waals surface area contributed by atoms with Crippen LogP contribution in [0.5, 0.6) is 0 Å². The smallest absolute Gasteiger partial charge is 0.323 e. The summed E-state index contributed by atoms with van der Waals surface area (Å²) in [5, 5.41) is 12.0. The van der Waals surface area contributed by atoms with Gasteiger partial charge in [-0.2, -0.15) is 0 Å². The fourth-order valence-electron chi connectivity index (χ4n) is 3.47. The summed E-state index contributed by atoms with van der Waals surface area (Å²) in [6.45, 7) is 0. The summed E-state index contributed by atoms with van der Waals surface area (Å²) in [5.41, 5.74) is 2.03. The van der Waals surface area contributed by atoms with Gasteiger partial charge >= 0.3 is 5.97 Å². The van der Waals surface area contributed by atoms with Gasteiger partial charge < -0.3 is 5.11 Å². The van der Waals surface area contributed by atoms with E-state index < -0.39 is 11.4 Å². The number of carbonyl (C=O) groups is 1. The van der Waals surface area contributed by atoms with Crippen LogP contribution in [0.15, 0.2) is 41.0 Å². The van der Waals surface area contributed by atoms with Crippen molar-refractivity contribution >= 4 is 23.3 Å². The molecule has 1 fully saturated rings. The molecule has 0 saturated heterocycles. The Bertz CT molecular complexity index is 770. The highest BCUT2D eigenvalue weighted by Crippen LogP contribution is 2.50. The van der Waals surface area contributed by atoms with Gasteiger partial charge in [0.2, 0.25) is 0 Å². The molecule has 1 aromatic carbocycles. The van der Waals surface area contributed by atoms with Gasteiger partial charge in [-0.05, 0) is 34.4 Å². The van der Waals surface area contributed by atoms with Crippen LogP contribution >= 0.6 is 0 Å². The summed E-state index contributed by atoms with van der Waals surface area (Å²) in [6, 6.07) is 8.08. The molecule has 1 saturated carbocycles. The molecule has 5 rings (SSSR count). The number of hydrogen-bond donors (Lipinski definition) is 1. The Kier molecular flexibility index (Phi) is 1.63. The lowest BCUT2D eigenvalue weighted by Crippen LogP contribution is -2.49. The van der Waals surface area contributed by atoms with Crippen LogP contribution in [0.4, 0.5) is 0 Å². The van der Waals surface area contributed by atoms with Crippen molar-refractivity contribution in [3.05, 3.63) is 46.5 Å². The molecule has 4 aliphatic rings. The fraction of sp³-hybridized carbons (Fsp3) is 0.200. The van der Waals surface area contributed by atoms with E-state index in [0.717, 1.165) is 34.8 Å². The molecule has 0 radical (unpaired) electrons. The van der Waals surface area contributed by atoms with Crippen molar-refractivity contribution in [2.45, 2.75) is 12.8 Å². The molecule has 2 bridgehead atoms. The molecular weight excluding hydrogens is 226 g/mol. The second-order valence-electron chi connectivity index (χ2n) is 4.94. The predicted octanol–water partition coefficient (Wildman–Crippen LogP) is 0.835. The third-order valence-corrected chi connectivity index (χ3v) is 4.24. The largest absolute Gasteiger partial charge is 0.480 e. The van der Waals surface area contributed by atoms with E-state index in [1.807, 2.05) is 18.2 Å². The number of fused-ring (bicyclic) bond motifs is 1. The first-order valence-corrected chi connectivity index (χ1v) is 6.06. The van der Waals surface area contributed by atoms with E-state index in [4.69, 9.17) is 0 Å². The minimum atomic E-state index is -0.984. The maximum Gasteiger partial charge on any atom is 0.323 e. The molecule has 1 unspecified atom stereocenters. The van der Waals surface area contributed by atoms with Crippen molar-refractivity contribution in [1.29, 1.82) is 0 Å². The Hall–Kier alpha value is -2.16. The highest BCUT2D eigenvalue weighted by atomic mass is 16.4. The maximum atomic E-state index is 11.8. The molecule has 1 atom stereocenters. The van der Waals surface area contributed by atoms with Gasteiger partial charge in [0.25, 0.3) is 0 Å². The second kappa shape index (κ2) is 2.99. The van der Waals surface area contributed by atoms with Gasteiger partial charge in [0, 0.05) is 18.0 Å². The number of rotatable bonds is 1. The van der Waals surface area contributed by atoms with E-state index in [1.54, 1.807) is 12.4 Å². The first-order valence-electron chi connectivity index (χ1n) is 6.06. The summed E-state index contributed by atoms with van der Waals surface area (Å²) >= 11 is 0. The molecule has 88 valence electrons. The van der Waals surface area contributed by atoms with Crippen molar-refractivity contribution in [2.24, 2.45) is 10.4 Å². The Morgan fingerprint density at radius 2 is 2.00 bits per heavy atom. The average Bonchev–Trinajstić information content (AvgIpc) is 2.86. The summed E-state index contributed by atoms with van der Waals surface area (Å²) in [4.78, 5) is 15.9. The Labute approximate surface area is 103 Å². The van der Waals surface area contributed by atoms with Crippen LogP contribution in [0.1, 0.15) is 12.8 Å². The number of carboxylic acids is 1. The normalized spacial score (nSPS) is 27.0. The lowest BCUT2D eigenvalue weighted by molar-refractivity contribution is -0.140. The highest BCUT2D eigenvalue weighted by molar-refractivity contribution is 6.15. The molecular formula is C15H11NO2. The first-order chi connectivity index (χ1) is 8.75. The van der Waals surface area contributed by atoms with Gasteiger partial charge in [-0.1, -0.05) is 24.3 Å². The molecule has 3 nitrogen and oxygen atoms in total. The van der Waals surface area contributed by atoms with Crippen LogP contribution in [0.3, 0.4) is 0 Å². The lowest BCUT2D eigenvalue weighted by atomic mass is 9.62. The van der Waals surface area contributed by atoms with Gasteiger partial charge in [0.1, 0.15) is 0 Å². The minimum Gasteiger partial charge on any atom is -0.480 e. The molecule has 1 heterocycles. The summed E-state index contributed by atoms with van der Waals surface area (Å²) in [5.74, 6) is -0.809. The third kappa shape index (κ3) is 0.883. The SMILES string of the molecule is O=C(O)C12C=NC=C1C1=c3ccccc3=C2CC1. The molecule has 1 aliphatic heterocycles. The zero-order chi connectivity index (χ0) is 12.3. The molecule has 0 aromatic heterocycles. The van der Waals surface area contributed by atoms with Crippen molar-refractivity contribution in [2.75, 3.05) is 0 Å². The molecule has 3 aliphatic carbocycles. The standard InChI is InChI=1S/C15H11NO2/c17-14(18)15-8-16-7-13(15)11-5-6-12(15)10-4-2-1-3-9(10)11/h1-4,7-8H,5-6H2,(H,17,18). The zero-order valence-electron chi connectivity index (χ0n) is 9.68. The van der Waals surface area contributed by atoms with E-state index in [2.05, 4.69) is 11.1 Å². The van der Waals surface area contributed by atoms with Crippen LogP contribution in [0.2, 0.25) is 0 Å². The molecule has 3 heteroatoms. The Morgan fingerprint density at radius 1 is 1.22 bits per heavy atom. The number of aliphatic carboxylic acids is 1. The second-order valence-corrected chi connectivity index (χ2v) is 4.94. The summed E-state index contributed by atoms with van der Waals surface area (Å²) in [6.07, 6.45) is 5.06. The van der Waals surface area contributed by atoms with Crippen molar-refractivity contribution in [1.82, 2.24) is 0 Å². The van der Waals surface area contributed by atoms with Crippen molar-refractivity contribution in [3.63, 3.8) is 0 Å². The number of nitrogens with zero attached hydrogens (tertiary/aromatic N) is 1. The van der Waals surface area contributed by atoms with Crippen LogP contribution in [-0.4, -0.2) is 17.3 Å². The monoisotopic (exact) mass is 237 g/mol. The zero-order valence-corrected chi connectivity index (χ0v) is 9.68. The minimum absolute atomic E-state index is 0.809. The Morgan fingerprint density at radius 3 is 2.78 bits per heavy atom. The molecule has 0 spiro atoms. The Balaban J connectivity index is 2.25. The van der Waals surface area contributed by atoms with Gasteiger partial charge in [-0.25, -0.2) is 0 Å². The van der Waals surface area contributed by atoms with Crippen LogP contribution in [-0.2, 0) is 4.79 Å². The highest BCUT2D eigenvalue weighted by Gasteiger charge is 2.51. The first kappa shape index (κ1) is 9.83. The van der Waals surface area contributed by atoms with E-state index in [0.29, 0.717) is 0 Å². The van der Waals surface area contributed by atoms with E-state index in [9.17, 15) is 9.90 Å². The number of hydrogen-bond acceptors (Lipinski definition) is 2. The lowest BCUT2D eigenvalue weighted by Gasteiger charge is -2.37. The van der Waals surface area contributed by atoms with Gasteiger partial charge in [0.15, 0.2) is 5.41 Å². The summed E-state index contributed by atoms with van der Waals surface area (Å²) in [7, 11) is 0. The fourth-order valence-corrected chi connectivity index (χ4v) is 3.47. The van der Waals surface area contributed by atoms with E-state index in [1.165, 1.54) is 5.22 Å². The van der Waals surface area contributed by atoms with Crippen LogP contribution in [0, 0.1) is 5.41 Å². The maximum absolute atomic E-state index is 11.8. The van der Waals surface area contributed by atoms with Crippen molar-refractivity contribution < 1.29 is 9.90 Å². The van der Waals surface area contributed by atoms with Crippen LogP contribution in [0.25, 0.3) is 11.1 Å². The van der Waals surface area contributed by atoms with Crippen molar-refractivity contribution in [3.8, 4) is 0 Å². The summed E-state index contributed by atoms with van der Waals surface area (Å²) < 4.78 is 0. The number of benzene rings is 1. The third-order valence-electron chi connectivity index (χ3n) is 4.24. The molecule has 1 aromatic rings. The quantitative estimate of drug-likeness (QED) is 0.786. The molecule has 1 N–H and O–H groups in total. The van der Waals surface area contributed by atoms with Crippen LogP contribution < -0.4 is 10.4 Å². The number of aliphatic imine (C=N–C) groups is 1.